The lowest BCUT2D eigenvalue weighted by atomic mass is 9.91. The zero-order chi connectivity index (χ0) is 21.2. The maximum absolute atomic E-state index is 12.8. The number of carbonyl (C=O) groups is 2. The van der Waals surface area contributed by atoms with E-state index in [4.69, 9.17) is 0 Å². The van der Waals surface area contributed by atoms with E-state index in [-0.39, 0.29) is 30.3 Å². The van der Waals surface area contributed by atoms with Crippen molar-refractivity contribution >= 4 is 22.0 Å². The fourth-order valence-electron chi connectivity index (χ4n) is 4.06. The first kappa shape index (κ1) is 21.7. The molecule has 1 aromatic carbocycles. The zero-order valence-corrected chi connectivity index (χ0v) is 18.1. The number of urea groups is 1. The van der Waals surface area contributed by atoms with Crippen molar-refractivity contribution < 1.29 is 18.0 Å². The van der Waals surface area contributed by atoms with Crippen LogP contribution in [0.1, 0.15) is 32.8 Å². The van der Waals surface area contributed by atoms with Crippen molar-refractivity contribution in [2.45, 2.75) is 38.5 Å². The van der Waals surface area contributed by atoms with Gasteiger partial charge in [-0.2, -0.15) is 4.31 Å². The summed E-state index contributed by atoms with van der Waals surface area (Å²) >= 11 is 0. The SMILES string of the molecule is CC(C)CC1(C)NC(=O)N(CN2CCN(S(=O)(=O)Cc3ccccc3)CC2)C1=O. The van der Waals surface area contributed by atoms with Crippen LogP contribution in [0.2, 0.25) is 0 Å². The Morgan fingerprint density at radius 1 is 1.07 bits per heavy atom. The van der Waals surface area contributed by atoms with Gasteiger partial charge >= 0.3 is 6.03 Å². The normalized spacial score (nSPS) is 24.3. The number of hydrogen-bond acceptors (Lipinski definition) is 5. The van der Waals surface area contributed by atoms with Crippen molar-refractivity contribution in [2.75, 3.05) is 32.8 Å². The second-order valence-electron chi connectivity index (χ2n) is 8.49. The predicted octanol–water partition coefficient (Wildman–Crippen LogP) is 1.45. The molecule has 3 amide bonds. The predicted molar refractivity (Wildman–Crippen MR) is 110 cm³/mol. The van der Waals surface area contributed by atoms with Gasteiger partial charge in [-0.25, -0.2) is 18.1 Å². The van der Waals surface area contributed by atoms with Gasteiger partial charge in [0.25, 0.3) is 5.91 Å². The van der Waals surface area contributed by atoms with Gasteiger partial charge in [0, 0.05) is 26.2 Å². The summed E-state index contributed by atoms with van der Waals surface area (Å²) in [5.41, 5.74) is -0.106. The monoisotopic (exact) mass is 422 g/mol. The minimum Gasteiger partial charge on any atom is -0.323 e. The first-order valence-electron chi connectivity index (χ1n) is 9.99. The molecule has 2 saturated heterocycles. The van der Waals surface area contributed by atoms with Crippen molar-refractivity contribution in [1.29, 1.82) is 0 Å². The van der Waals surface area contributed by atoms with Crippen molar-refractivity contribution in [3.05, 3.63) is 35.9 Å². The van der Waals surface area contributed by atoms with E-state index in [2.05, 4.69) is 5.32 Å². The first-order chi connectivity index (χ1) is 13.6. The Balaban J connectivity index is 1.56. The number of nitrogens with one attached hydrogen (secondary N) is 1. The molecular formula is C20H30N4O4S. The summed E-state index contributed by atoms with van der Waals surface area (Å²) in [5, 5.41) is 2.82. The summed E-state index contributed by atoms with van der Waals surface area (Å²) in [6.07, 6.45) is 0.583. The Kier molecular flexibility index (Phi) is 6.30. The average Bonchev–Trinajstić information content (AvgIpc) is 2.85. The van der Waals surface area contributed by atoms with Crippen molar-refractivity contribution in [1.82, 2.24) is 19.4 Å². The number of hydrogen-bond donors (Lipinski definition) is 1. The summed E-state index contributed by atoms with van der Waals surface area (Å²) in [4.78, 5) is 28.3. The van der Waals surface area contributed by atoms with E-state index in [1.807, 2.05) is 36.9 Å². The number of nitrogens with zero attached hydrogens (tertiary/aromatic N) is 3. The Bertz CT molecular complexity index is 850. The summed E-state index contributed by atoms with van der Waals surface area (Å²) < 4.78 is 26.8. The molecule has 1 atom stereocenters. The molecule has 0 aromatic heterocycles. The van der Waals surface area contributed by atoms with E-state index < -0.39 is 15.6 Å². The number of rotatable bonds is 7. The molecule has 2 aliphatic rings. The summed E-state index contributed by atoms with van der Waals surface area (Å²) in [5.74, 6) is 0.0481. The minimum absolute atomic E-state index is 0.0194. The Labute approximate surface area is 172 Å². The third-order valence-electron chi connectivity index (χ3n) is 5.42. The fraction of sp³-hybridized carbons (Fsp3) is 0.600. The van der Waals surface area contributed by atoms with Crippen LogP contribution in [0.25, 0.3) is 0 Å². The maximum atomic E-state index is 12.8. The highest BCUT2D eigenvalue weighted by molar-refractivity contribution is 7.88. The van der Waals surface area contributed by atoms with Crippen LogP contribution in [-0.2, 0) is 20.6 Å². The van der Waals surface area contributed by atoms with Gasteiger partial charge in [0.1, 0.15) is 5.54 Å². The van der Waals surface area contributed by atoms with Crippen LogP contribution in [-0.4, -0.2) is 72.8 Å². The molecule has 1 N–H and O–H groups in total. The molecule has 160 valence electrons. The molecule has 29 heavy (non-hydrogen) atoms. The highest BCUT2D eigenvalue weighted by Gasteiger charge is 2.48. The molecular weight excluding hydrogens is 392 g/mol. The van der Waals surface area contributed by atoms with Gasteiger partial charge in [0.05, 0.1) is 12.4 Å². The van der Waals surface area contributed by atoms with E-state index in [1.54, 1.807) is 19.1 Å². The van der Waals surface area contributed by atoms with E-state index in [9.17, 15) is 18.0 Å². The van der Waals surface area contributed by atoms with E-state index >= 15 is 0 Å². The smallest absolute Gasteiger partial charge is 0.323 e. The molecule has 0 saturated carbocycles. The van der Waals surface area contributed by atoms with Crippen molar-refractivity contribution in [2.24, 2.45) is 5.92 Å². The quantitative estimate of drug-likeness (QED) is 0.672. The second-order valence-corrected chi connectivity index (χ2v) is 10.5. The molecule has 0 aliphatic carbocycles. The number of sulfonamides is 1. The fourth-order valence-corrected chi connectivity index (χ4v) is 5.57. The topological polar surface area (TPSA) is 90.0 Å². The number of piperazine rings is 1. The average molecular weight is 423 g/mol. The van der Waals surface area contributed by atoms with Crippen LogP contribution in [0.5, 0.6) is 0 Å². The third kappa shape index (κ3) is 4.96. The number of imide groups is 1. The molecule has 2 fully saturated rings. The van der Waals surface area contributed by atoms with Crippen LogP contribution in [0.4, 0.5) is 4.79 Å². The van der Waals surface area contributed by atoms with Crippen molar-refractivity contribution in [3.8, 4) is 0 Å². The van der Waals surface area contributed by atoms with Crippen LogP contribution in [0.15, 0.2) is 30.3 Å². The lowest BCUT2D eigenvalue weighted by Gasteiger charge is -2.35. The van der Waals surface area contributed by atoms with Gasteiger partial charge in [0.15, 0.2) is 0 Å². The molecule has 2 aliphatic heterocycles. The second kappa shape index (κ2) is 8.41. The van der Waals surface area contributed by atoms with Gasteiger partial charge < -0.3 is 5.32 Å². The van der Waals surface area contributed by atoms with E-state index in [1.165, 1.54) is 9.21 Å². The van der Waals surface area contributed by atoms with Gasteiger partial charge in [-0.15, -0.1) is 0 Å². The van der Waals surface area contributed by atoms with Crippen LogP contribution in [0.3, 0.4) is 0 Å². The molecule has 3 rings (SSSR count). The molecule has 2 heterocycles. The van der Waals surface area contributed by atoms with Gasteiger partial charge in [-0.3, -0.25) is 9.69 Å². The Morgan fingerprint density at radius 2 is 1.69 bits per heavy atom. The first-order valence-corrected chi connectivity index (χ1v) is 11.6. The lowest BCUT2D eigenvalue weighted by Crippen LogP contribution is -2.53. The van der Waals surface area contributed by atoms with Gasteiger partial charge in [-0.05, 0) is 24.8 Å². The van der Waals surface area contributed by atoms with Crippen LogP contribution in [0, 0.1) is 5.92 Å². The van der Waals surface area contributed by atoms with Crippen LogP contribution < -0.4 is 5.32 Å². The molecule has 8 nitrogen and oxygen atoms in total. The standard InChI is InChI=1S/C20H30N4O4S/c1-16(2)13-20(3)18(25)24(19(26)21-20)15-22-9-11-23(12-10-22)29(27,28)14-17-7-5-4-6-8-17/h4-8,16H,9-15H2,1-3H3,(H,21,26). The lowest BCUT2D eigenvalue weighted by molar-refractivity contribution is -0.133. The van der Waals surface area contributed by atoms with Gasteiger partial charge in [-0.1, -0.05) is 44.2 Å². The van der Waals surface area contributed by atoms with Gasteiger partial charge in [0.2, 0.25) is 10.0 Å². The highest BCUT2D eigenvalue weighted by Crippen LogP contribution is 2.25. The third-order valence-corrected chi connectivity index (χ3v) is 7.27. The largest absolute Gasteiger partial charge is 0.326 e. The summed E-state index contributed by atoms with van der Waals surface area (Å²) in [7, 11) is -3.39. The van der Waals surface area contributed by atoms with Crippen LogP contribution >= 0.6 is 0 Å². The Morgan fingerprint density at radius 3 is 2.28 bits per heavy atom. The Hall–Kier alpha value is -1.97. The molecule has 0 bridgehead atoms. The number of benzene rings is 1. The molecule has 1 aromatic rings. The maximum Gasteiger partial charge on any atom is 0.326 e. The molecule has 0 radical (unpaired) electrons. The number of carbonyl (C=O) groups excluding carboxylic acids is 2. The number of amides is 3. The van der Waals surface area contributed by atoms with E-state index in [0.29, 0.717) is 32.6 Å². The minimum atomic E-state index is -3.39. The summed E-state index contributed by atoms with van der Waals surface area (Å²) in [6.45, 7) is 7.64. The highest BCUT2D eigenvalue weighted by atomic mass is 32.2. The van der Waals surface area contributed by atoms with E-state index in [0.717, 1.165) is 5.56 Å². The molecule has 9 heteroatoms. The molecule has 0 spiro atoms. The zero-order valence-electron chi connectivity index (χ0n) is 17.3. The summed E-state index contributed by atoms with van der Waals surface area (Å²) in [6, 6.07) is 8.75. The molecule has 1 unspecified atom stereocenters. The van der Waals surface area contributed by atoms with Crippen molar-refractivity contribution in [3.63, 3.8) is 0 Å².